The highest BCUT2D eigenvalue weighted by atomic mass is 32.2. The first-order valence-corrected chi connectivity index (χ1v) is 9.32. The van der Waals surface area contributed by atoms with E-state index in [1.54, 1.807) is 19.2 Å². The van der Waals surface area contributed by atoms with Gasteiger partial charge in [-0.3, -0.25) is 4.68 Å². The lowest BCUT2D eigenvalue weighted by atomic mass is 10.0. The Bertz CT molecular complexity index is 975. The van der Waals surface area contributed by atoms with Gasteiger partial charge < -0.3 is 4.74 Å². The summed E-state index contributed by atoms with van der Waals surface area (Å²) in [5.74, 6) is 0.783. The van der Waals surface area contributed by atoms with Crippen LogP contribution in [0.25, 0.3) is 22.4 Å². The third-order valence-electron chi connectivity index (χ3n) is 3.94. The number of rotatable bonds is 5. The largest absolute Gasteiger partial charge is 0.497 e. The van der Waals surface area contributed by atoms with Gasteiger partial charge in [-0.25, -0.2) is 13.6 Å². The lowest BCUT2D eigenvalue weighted by molar-refractivity contribution is 0.415. The summed E-state index contributed by atoms with van der Waals surface area (Å²) in [4.78, 5) is 0.0807. The van der Waals surface area contributed by atoms with E-state index in [-0.39, 0.29) is 4.90 Å². The Morgan fingerprint density at radius 1 is 1.04 bits per heavy atom. The molecule has 0 amide bonds. The molecule has 2 N–H and O–H groups in total. The van der Waals surface area contributed by atoms with E-state index in [9.17, 15) is 8.42 Å². The highest BCUT2D eigenvalue weighted by Crippen LogP contribution is 2.32. The zero-order valence-corrected chi connectivity index (χ0v) is 14.8. The number of hydrogen-bond acceptors (Lipinski definition) is 4. The molecule has 0 fully saturated rings. The molecule has 2 aromatic carbocycles. The predicted molar refractivity (Wildman–Crippen MR) is 96.7 cm³/mol. The predicted octanol–water partition coefficient (Wildman–Crippen LogP) is 2.89. The van der Waals surface area contributed by atoms with Crippen molar-refractivity contribution < 1.29 is 13.2 Å². The molecule has 0 spiro atoms. The summed E-state index contributed by atoms with van der Waals surface area (Å²) in [6.45, 7) is 2.75. The van der Waals surface area contributed by atoms with Crippen molar-refractivity contribution in [3.05, 3.63) is 54.7 Å². The van der Waals surface area contributed by atoms with E-state index < -0.39 is 10.0 Å². The van der Waals surface area contributed by atoms with Crippen LogP contribution >= 0.6 is 0 Å². The Kier molecular flexibility index (Phi) is 4.61. The Labute approximate surface area is 146 Å². The molecule has 3 aromatic rings. The second-order valence-electron chi connectivity index (χ2n) is 5.54. The number of methoxy groups -OCH3 is 1. The molecule has 25 heavy (non-hydrogen) atoms. The van der Waals surface area contributed by atoms with E-state index in [0.29, 0.717) is 0 Å². The van der Waals surface area contributed by atoms with Gasteiger partial charge >= 0.3 is 0 Å². The van der Waals surface area contributed by atoms with Gasteiger partial charge in [0.25, 0.3) is 0 Å². The molecule has 0 aliphatic rings. The number of ether oxygens (including phenoxy) is 1. The Morgan fingerprint density at radius 2 is 1.64 bits per heavy atom. The van der Waals surface area contributed by atoms with Crippen LogP contribution in [0.5, 0.6) is 5.75 Å². The summed E-state index contributed by atoms with van der Waals surface area (Å²) < 4.78 is 29.9. The molecule has 0 aliphatic heterocycles. The number of sulfonamides is 1. The molecule has 0 saturated carbocycles. The van der Waals surface area contributed by atoms with E-state index >= 15 is 0 Å². The third-order valence-corrected chi connectivity index (χ3v) is 4.87. The van der Waals surface area contributed by atoms with Gasteiger partial charge in [0.1, 0.15) is 11.4 Å². The van der Waals surface area contributed by atoms with Gasteiger partial charge in [0.2, 0.25) is 10.0 Å². The lowest BCUT2D eigenvalue weighted by Crippen LogP contribution is -2.11. The standard InChI is InChI=1S/C18H19N3O3S/c1-3-21-12-17(13-4-8-15(24-2)9-5-13)18(20-21)14-6-10-16(11-7-14)25(19,22)23/h4-12H,3H2,1-2H3,(H2,19,22,23). The molecule has 3 rings (SSSR count). The molecule has 1 aromatic heterocycles. The molecule has 0 atom stereocenters. The van der Waals surface area contributed by atoms with Crippen LogP contribution in [-0.2, 0) is 16.6 Å². The van der Waals surface area contributed by atoms with Crippen LogP contribution in [0.4, 0.5) is 0 Å². The summed E-state index contributed by atoms with van der Waals surface area (Å²) in [6, 6.07) is 14.2. The van der Waals surface area contributed by atoms with Crippen LogP contribution in [0.2, 0.25) is 0 Å². The van der Waals surface area contributed by atoms with Gasteiger partial charge in [-0.2, -0.15) is 5.10 Å². The first-order valence-electron chi connectivity index (χ1n) is 7.77. The highest BCUT2D eigenvalue weighted by molar-refractivity contribution is 7.89. The monoisotopic (exact) mass is 357 g/mol. The molecule has 1 heterocycles. The Hall–Kier alpha value is -2.64. The van der Waals surface area contributed by atoms with Crippen molar-refractivity contribution >= 4 is 10.0 Å². The van der Waals surface area contributed by atoms with E-state index in [1.165, 1.54) is 12.1 Å². The smallest absolute Gasteiger partial charge is 0.238 e. The summed E-state index contributed by atoms with van der Waals surface area (Å²) in [5, 5.41) is 9.77. The van der Waals surface area contributed by atoms with E-state index in [4.69, 9.17) is 9.88 Å². The van der Waals surface area contributed by atoms with Gasteiger partial charge in [0.05, 0.1) is 12.0 Å². The number of aryl methyl sites for hydroxylation is 1. The molecule has 0 bridgehead atoms. The number of benzene rings is 2. The second-order valence-corrected chi connectivity index (χ2v) is 7.11. The van der Waals surface area contributed by atoms with Crippen molar-refractivity contribution in [1.82, 2.24) is 9.78 Å². The van der Waals surface area contributed by atoms with Gasteiger partial charge in [-0.15, -0.1) is 0 Å². The minimum atomic E-state index is -3.71. The molecule has 6 nitrogen and oxygen atoms in total. The first kappa shape index (κ1) is 17.2. The van der Waals surface area contributed by atoms with Crippen molar-refractivity contribution in [1.29, 1.82) is 0 Å². The maximum absolute atomic E-state index is 11.4. The van der Waals surface area contributed by atoms with Gasteiger partial charge in [0.15, 0.2) is 0 Å². The minimum absolute atomic E-state index is 0.0807. The van der Waals surface area contributed by atoms with E-state index in [2.05, 4.69) is 5.10 Å². The van der Waals surface area contributed by atoms with Crippen LogP contribution in [0, 0.1) is 0 Å². The SMILES string of the molecule is CCn1cc(-c2ccc(OC)cc2)c(-c2ccc(S(N)(=O)=O)cc2)n1. The van der Waals surface area contributed by atoms with Gasteiger partial charge in [-0.05, 0) is 36.8 Å². The van der Waals surface area contributed by atoms with E-state index in [1.807, 2.05) is 42.1 Å². The number of hydrogen-bond donors (Lipinski definition) is 1. The minimum Gasteiger partial charge on any atom is -0.497 e. The summed E-state index contributed by atoms with van der Waals surface area (Å²) >= 11 is 0. The average Bonchev–Trinajstić information content (AvgIpc) is 3.05. The van der Waals surface area contributed by atoms with Crippen LogP contribution < -0.4 is 9.88 Å². The van der Waals surface area contributed by atoms with E-state index in [0.717, 1.165) is 34.7 Å². The molecule has 0 aliphatic carbocycles. The van der Waals surface area contributed by atoms with Crippen molar-refractivity contribution in [3.63, 3.8) is 0 Å². The van der Waals surface area contributed by atoms with Gasteiger partial charge in [0, 0.05) is 23.9 Å². The lowest BCUT2D eigenvalue weighted by Gasteiger charge is -2.05. The molecule has 7 heteroatoms. The van der Waals surface area contributed by atoms with Crippen molar-refractivity contribution in [3.8, 4) is 28.1 Å². The molecule has 0 radical (unpaired) electrons. The molecule has 0 unspecified atom stereocenters. The fraction of sp³-hybridized carbons (Fsp3) is 0.167. The Balaban J connectivity index is 2.08. The molecule has 0 saturated heterocycles. The molecular formula is C18H19N3O3S. The van der Waals surface area contributed by atoms with Gasteiger partial charge in [-0.1, -0.05) is 24.3 Å². The van der Waals surface area contributed by atoms with Crippen LogP contribution in [-0.4, -0.2) is 25.3 Å². The number of nitrogens with two attached hydrogens (primary N) is 1. The first-order chi connectivity index (χ1) is 11.9. The van der Waals surface area contributed by atoms with Crippen LogP contribution in [0.1, 0.15) is 6.92 Å². The van der Waals surface area contributed by atoms with Crippen molar-refractivity contribution in [2.24, 2.45) is 5.14 Å². The third kappa shape index (κ3) is 3.57. The fourth-order valence-electron chi connectivity index (χ4n) is 2.58. The quantitative estimate of drug-likeness (QED) is 0.760. The number of nitrogens with zero attached hydrogens (tertiary/aromatic N) is 2. The van der Waals surface area contributed by atoms with Crippen LogP contribution in [0.15, 0.2) is 59.6 Å². The fourth-order valence-corrected chi connectivity index (χ4v) is 3.10. The number of aromatic nitrogens is 2. The summed E-state index contributed by atoms with van der Waals surface area (Å²) in [6.07, 6.45) is 1.98. The number of primary sulfonamides is 1. The second kappa shape index (κ2) is 6.70. The Morgan fingerprint density at radius 3 is 2.16 bits per heavy atom. The maximum Gasteiger partial charge on any atom is 0.238 e. The highest BCUT2D eigenvalue weighted by Gasteiger charge is 2.14. The zero-order valence-electron chi connectivity index (χ0n) is 14.0. The maximum atomic E-state index is 11.4. The molecule has 130 valence electrons. The summed E-state index contributed by atoms with van der Waals surface area (Å²) in [5.41, 5.74) is 3.58. The molecular weight excluding hydrogens is 338 g/mol. The van der Waals surface area contributed by atoms with Crippen molar-refractivity contribution in [2.45, 2.75) is 18.4 Å². The zero-order chi connectivity index (χ0) is 18.0. The van der Waals surface area contributed by atoms with Crippen molar-refractivity contribution in [2.75, 3.05) is 7.11 Å². The summed E-state index contributed by atoms with van der Waals surface area (Å²) in [7, 11) is -2.08. The topological polar surface area (TPSA) is 87.2 Å². The average molecular weight is 357 g/mol. The normalized spacial score (nSPS) is 11.5. The van der Waals surface area contributed by atoms with Crippen LogP contribution in [0.3, 0.4) is 0 Å².